The molecule has 0 heterocycles. The molecule has 19 heavy (non-hydrogen) atoms. The van der Waals surface area contributed by atoms with Gasteiger partial charge in [0.15, 0.2) is 0 Å². The molecular weight excluding hydrogens is 378 g/mol. The van der Waals surface area contributed by atoms with Gasteiger partial charge in [-0.1, -0.05) is 36.7 Å². The van der Waals surface area contributed by atoms with Crippen molar-refractivity contribution in [2.24, 2.45) is 5.41 Å². The van der Waals surface area contributed by atoms with Gasteiger partial charge in [0.2, 0.25) is 0 Å². The average Bonchev–Trinajstić information content (AvgIpc) is 2.26. The third kappa shape index (κ3) is 4.31. The number of carbonyl (C=O) groups is 2. The number of benzene rings is 1. The van der Waals surface area contributed by atoms with Gasteiger partial charge in [0, 0.05) is 8.95 Å². The highest BCUT2D eigenvalue weighted by molar-refractivity contribution is 9.11. The van der Waals surface area contributed by atoms with Gasteiger partial charge < -0.3 is 10.4 Å². The van der Waals surface area contributed by atoms with Crippen LogP contribution in [0.4, 0.5) is 0 Å². The van der Waals surface area contributed by atoms with Gasteiger partial charge in [-0.2, -0.15) is 0 Å². The van der Waals surface area contributed by atoms with Crippen LogP contribution in [0.3, 0.4) is 0 Å². The van der Waals surface area contributed by atoms with Crippen LogP contribution in [-0.4, -0.2) is 23.0 Å². The second kappa shape index (κ2) is 6.05. The first kappa shape index (κ1) is 16.2. The van der Waals surface area contributed by atoms with Crippen LogP contribution in [0.2, 0.25) is 0 Å². The molecule has 1 atom stereocenters. The molecule has 0 aliphatic rings. The average molecular weight is 393 g/mol. The van der Waals surface area contributed by atoms with Crippen molar-refractivity contribution in [1.29, 1.82) is 0 Å². The van der Waals surface area contributed by atoms with E-state index in [1.54, 1.807) is 39.0 Å². The normalized spacial score (nSPS) is 12.9. The minimum absolute atomic E-state index is 0.393. The zero-order chi connectivity index (χ0) is 14.8. The predicted octanol–water partition coefficient (Wildman–Crippen LogP) is 3.44. The molecule has 0 aromatic heterocycles. The number of carboxylic acids is 1. The third-order valence-corrected chi connectivity index (χ3v) is 3.75. The number of hydrogen-bond acceptors (Lipinski definition) is 2. The van der Waals surface area contributed by atoms with Gasteiger partial charge in [-0.05, 0) is 39.5 Å². The minimum atomic E-state index is -1.05. The predicted molar refractivity (Wildman–Crippen MR) is 80.2 cm³/mol. The summed E-state index contributed by atoms with van der Waals surface area (Å²) in [4.78, 5) is 23.4. The summed E-state index contributed by atoms with van der Waals surface area (Å²) in [7, 11) is 0. The zero-order valence-electron chi connectivity index (χ0n) is 10.8. The molecular formula is C13H15Br2NO3. The summed E-state index contributed by atoms with van der Waals surface area (Å²) in [5.74, 6) is -1.47. The van der Waals surface area contributed by atoms with Crippen LogP contribution in [-0.2, 0) is 4.79 Å². The second-order valence-electron chi connectivity index (χ2n) is 5.23. The molecule has 1 rings (SSSR count). The summed E-state index contributed by atoms with van der Waals surface area (Å²) < 4.78 is 1.37. The highest BCUT2D eigenvalue weighted by Crippen LogP contribution is 2.24. The number of carbonyl (C=O) groups excluding carboxylic acids is 1. The van der Waals surface area contributed by atoms with Crippen molar-refractivity contribution in [1.82, 2.24) is 5.32 Å². The first-order valence-corrected chi connectivity index (χ1v) is 7.20. The Bertz CT molecular complexity index is 509. The van der Waals surface area contributed by atoms with Gasteiger partial charge in [0.25, 0.3) is 5.91 Å². The molecule has 0 aliphatic carbocycles. The Hall–Kier alpha value is -0.880. The van der Waals surface area contributed by atoms with E-state index in [0.717, 1.165) is 4.47 Å². The van der Waals surface area contributed by atoms with Crippen LogP contribution in [0.5, 0.6) is 0 Å². The van der Waals surface area contributed by atoms with E-state index in [4.69, 9.17) is 0 Å². The lowest BCUT2D eigenvalue weighted by Crippen LogP contribution is -2.49. The summed E-state index contributed by atoms with van der Waals surface area (Å²) in [5, 5.41) is 11.7. The SMILES string of the molecule is CC(C)(C)[C@H](NC(=O)c1cc(Br)ccc1Br)C(=O)O. The monoisotopic (exact) mass is 391 g/mol. The fourth-order valence-corrected chi connectivity index (χ4v) is 2.32. The highest BCUT2D eigenvalue weighted by Gasteiger charge is 2.33. The molecule has 104 valence electrons. The van der Waals surface area contributed by atoms with Gasteiger partial charge in [0.05, 0.1) is 5.56 Å². The van der Waals surface area contributed by atoms with Gasteiger partial charge in [-0.3, -0.25) is 4.79 Å². The van der Waals surface area contributed by atoms with Crippen LogP contribution in [0.25, 0.3) is 0 Å². The summed E-state index contributed by atoms with van der Waals surface area (Å²) >= 11 is 6.56. The van der Waals surface area contributed by atoms with Gasteiger partial charge in [-0.25, -0.2) is 4.79 Å². The summed E-state index contributed by atoms with van der Waals surface area (Å²) in [6.45, 7) is 5.30. The Morgan fingerprint density at radius 1 is 1.26 bits per heavy atom. The zero-order valence-corrected chi connectivity index (χ0v) is 14.0. The number of rotatable bonds is 3. The molecule has 1 aromatic rings. The molecule has 0 unspecified atom stereocenters. The van der Waals surface area contributed by atoms with Crippen LogP contribution in [0.15, 0.2) is 27.1 Å². The second-order valence-corrected chi connectivity index (χ2v) is 7.00. The van der Waals surface area contributed by atoms with Crippen LogP contribution in [0.1, 0.15) is 31.1 Å². The number of nitrogens with one attached hydrogen (secondary N) is 1. The van der Waals surface area contributed by atoms with Gasteiger partial charge in [0.1, 0.15) is 6.04 Å². The largest absolute Gasteiger partial charge is 0.480 e. The quantitative estimate of drug-likeness (QED) is 0.827. The van der Waals surface area contributed by atoms with Crippen molar-refractivity contribution in [2.75, 3.05) is 0 Å². The molecule has 1 aromatic carbocycles. The van der Waals surface area contributed by atoms with Crippen LogP contribution >= 0.6 is 31.9 Å². The third-order valence-electron chi connectivity index (χ3n) is 2.56. The maximum absolute atomic E-state index is 12.2. The van der Waals surface area contributed by atoms with Gasteiger partial charge >= 0.3 is 5.97 Å². The smallest absolute Gasteiger partial charge is 0.326 e. The van der Waals surface area contributed by atoms with E-state index in [0.29, 0.717) is 10.0 Å². The first-order chi connectivity index (χ1) is 8.62. The number of halogens is 2. The molecule has 2 N–H and O–H groups in total. The number of carboxylic acid groups (broad SMARTS) is 1. The maximum atomic E-state index is 12.2. The molecule has 0 fully saturated rings. The summed E-state index contributed by atoms with van der Waals surface area (Å²) in [5.41, 5.74) is -0.176. The van der Waals surface area contributed by atoms with Crippen molar-refractivity contribution < 1.29 is 14.7 Å². The molecule has 0 radical (unpaired) electrons. The summed E-state index contributed by atoms with van der Waals surface area (Å²) in [6.07, 6.45) is 0. The Labute approximate surface area is 128 Å². The van der Waals surface area contributed by atoms with Crippen molar-refractivity contribution in [3.8, 4) is 0 Å². The Morgan fingerprint density at radius 2 is 1.84 bits per heavy atom. The number of hydrogen-bond donors (Lipinski definition) is 2. The van der Waals surface area contributed by atoms with Gasteiger partial charge in [-0.15, -0.1) is 0 Å². The maximum Gasteiger partial charge on any atom is 0.326 e. The van der Waals surface area contributed by atoms with Crippen molar-refractivity contribution in [3.63, 3.8) is 0 Å². The molecule has 0 aliphatic heterocycles. The van der Waals surface area contributed by atoms with Crippen molar-refractivity contribution in [2.45, 2.75) is 26.8 Å². The first-order valence-electron chi connectivity index (χ1n) is 5.61. The van der Waals surface area contributed by atoms with Crippen molar-refractivity contribution in [3.05, 3.63) is 32.7 Å². The van der Waals surface area contributed by atoms with Crippen LogP contribution < -0.4 is 5.32 Å². The number of amides is 1. The standard InChI is InChI=1S/C13H15Br2NO3/c1-13(2,3)10(12(18)19)16-11(17)8-6-7(14)4-5-9(8)15/h4-6,10H,1-3H3,(H,16,17)(H,18,19)/t10-/m1/s1. The van der Waals surface area contributed by atoms with E-state index in [9.17, 15) is 14.7 Å². The van der Waals surface area contributed by atoms with E-state index in [-0.39, 0.29) is 0 Å². The van der Waals surface area contributed by atoms with E-state index in [2.05, 4.69) is 37.2 Å². The molecule has 0 saturated carbocycles. The molecule has 1 amide bonds. The Balaban J connectivity index is 3.01. The topological polar surface area (TPSA) is 66.4 Å². The Morgan fingerprint density at radius 3 is 2.32 bits per heavy atom. The highest BCUT2D eigenvalue weighted by atomic mass is 79.9. The molecule has 0 spiro atoms. The molecule has 6 heteroatoms. The lowest BCUT2D eigenvalue weighted by molar-refractivity contribution is -0.142. The fraction of sp³-hybridized carbons (Fsp3) is 0.385. The fourth-order valence-electron chi connectivity index (χ4n) is 1.53. The van der Waals surface area contributed by atoms with Crippen molar-refractivity contribution >= 4 is 43.7 Å². The minimum Gasteiger partial charge on any atom is -0.480 e. The molecule has 0 saturated heterocycles. The lowest BCUT2D eigenvalue weighted by Gasteiger charge is -2.27. The Kier molecular flexibility index (Phi) is 5.15. The summed E-state index contributed by atoms with van der Waals surface area (Å²) in [6, 6.07) is 4.21. The van der Waals surface area contributed by atoms with E-state index >= 15 is 0 Å². The van der Waals surface area contributed by atoms with Crippen LogP contribution in [0, 0.1) is 5.41 Å². The number of aliphatic carboxylic acids is 1. The van der Waals surface area contributed by atoms with E-state index in [1.165, 1.54) is 0 Å². The lowest BCUT2D eigenvalue weighted by atomic mass is 9.86. The van der Waals surface area contributed by atoms with E-state index in [1.807, 2.05) is 0 Å². The van der Waals surface area contributed by atoms with E-state index < -0.39 is 23.3 Å². The molecule has 0 bridgehead atoms. The molecule has 4 nitrogen and oxygen atoms in total.